The van der Waals surface area contributed by atoms with Gasteiger partial charge in [-0.25, -0.2) is 0 Å². The van der Waals surface area contributed by atoms with Crippen molar-refractivity contribution in [1.82, 2.24) is 0 Å². The molecule has 1 aliphatic carbocycles. The molecule has 1 aromatic heterocycles. The maximum atomic E-state index is 6.70. The van der Waals surface area contributed by atoms with E-state index >= 15 is 0 Å². The summed E-state index contributed by atoms with van der Waals surface area (Å²) in [5, 5.41) is 5.07. The van der Waals surface area contributed by atoms with E-state index in [1.807, 2.05) is 11.3 Å². The summed E-state index contributed by atoms with van der Waals surface area (Å²) < 4.78 is 9.28. The highest BCUT2D eigenvalue weighted by atomic mass is 32.1. The Labute approximate surface area is 329 Å². The maximum Gasteiger partial charge on any atom is 0.132 e. The zero-order valence-corrected chi connectivity index (χ0v) is 31.1. The molecule has 3 heteroatoms. The van der Waals surface area contributed by atoms with Gasteiger partial charge in [-0.3, -0.25) is 0 Å². The monoisotopic (exact) mass is 731 g/mol. The Morgan fingerprint density at radius 1 is 0.375 bits per heavy atom. The molecule has 0 unspecified atom stereocenters. The summed E-state index contributed by atoms with van der Waals surface area (Å²) >= 11 is 1.86. The summed E-state index contributed by atoms with van der Waals surface area (Å²) in [6.07, 6.45) is 0. The van der Waals surface area contributed by atoms with E-state index in [1.54, 1.807) is 0 Å². The van der Waals surface area contributed by atoms with Gasteiger partial charge in [-0.2, -0.15) is 0 Å². The Balaban J connectivity index is 1.13. The fourth-order valence-corrected chi connectivity index (χ4v) is 10.6. The van der Waals surface area contributed by atoms with Crippen LogP contribution in [0.3, 0.4) is 0 Å². The average Bonchev–Trinajstić information content (AvgIpc) is 3.76. The third kappa shape index (κ3) is 4.49. The van der Waals surface area contributed by atoms with Crippen LogP contribution in [0.4, 0.5) is 17.1 Å². The van der Waals surface area contributed by atoms with Crippen LogP contribution in [-0.2, 0) is 5.41 Å². The third-order valence-electron chi connectivity index (χ3n) is 11.9. The topological polar surface area (TPSA) is 12.5 Å². The molecule has 0 amide bonds. The highest BCUT2D eigenvalue weighted by molar-refractivity contribution is 7.25. The molecule has 2 heterocycles. The van der Waals surface area contributed by atoms with Crippen LogP contribution in [0.15, 0.2) is 200 Å². The Kier molecular flexibility index (Phi) is 6.75. The molecule has 0 fully saturated rings. The number of anilines is 3. The molecule has 0 radical (unpaired) electrons. The lowest BCUT2D eigenvalue weighted by Gasteiger charge is -2.39. The SMILES string of the molecule is c1ccc(-c2ccc(N(c3ccc4c(c3)C3(c5ccccc5Oc5ccccc53)c3cc5ccccc5cc3-4)c3ccc4c(c3)sc3ccccc34)cc2)cc1. The summed E-state index contributed by atoms with van der Waals surface area (Å²) in [5.41, 5.74) is 12.5. The van der Waals surface area contributed by atoms with E-state index < -0.39 is 5.41 Å². The maximum absolute atomic E-state index is 6.70. The Morgan fingerprint density at radius 3 is 1.73 bits per heavy atom. The summed E-state index contributed by atoms with van der Waals surface area (Å²) in [6.45, 7) is 0. The van der Waals surface area contributed by atoms with E-state index in [0.29, 0.717) is 0 Å². The van der Waals surface area contributed by atoms with Crippen molar-refractivity contribution in [2.24, 2.45) is 0 Å². The molecular weight excluding hydrogens is 699 g/mol. The van der Waals surface area contributed by atoms with E-state index in [1.165, 1.54) is 64.3 Å². The van der Waals surface area contributed by atoms with Crippen molar-refractivity contribution >= 4 is 59.3 Å². The number of nitrogens with zero attached hydrogens (tertiary/aromatic N) is 1. The molecule has 12 rings (SSSR count). The third-order valence-corrected chi connectivity index (χ3v) is 13.0. The van der Waals surface area contributed by atoms with Crippen molar-refractivity contribution in [2.45, 2.75) is 5.41 Å². The molecule has 0 N–H and O–H groups in total. The minimum absolute atomic E-state index is 0.589. The van der Waals surface area contributed by atoms with Gasteiger partial charge in [-0.1, -0.05) is 133 Å². The van der Waals surface area contributed by atoms with Gasteiger partial charge in [-0.05, 0) is 111 Å². The highest BCUT2D eigenvalue weighted by Crippen LogP contribution is 2.63. The van der Waals surface area contributed by atoms with Crippen LogP contribution in [0.1, 0.15) is 22.3 Å². The molecular formula is C53H33NOS. The Morgan fingerprint density at radius 2 is 0.946 bits per heavy atom. The van der Waals surface area contributed by atoms with Gasteiger partial charge in [0.25, 0.3) is 0 Å². The molecule has 262 valence electrons. The largest absolute Gasteiger partial charge is 0.457 e. The fourth-order valence-electron chi connectivity index (χ4n) is 9.44. The summed E-state index contributed by atoms with van der Waals surface area (Å²) in [4.78, 5) is 2.43. The van der Waals surface area contributed by atoms with Crippen molar-refractivity contribution in [1.29, 1.82) is 0 Å². The zero-order valence-electron chi connectivity index (χ0n) is 30.3. The van der Waals surface area contributed by atoms with Gasteiger partial charge in [0.15, 0.2) is 0 Å². The minimum atomic E-state index is -0.589. The number of benzene rings is 9. The molecule has 9 aromatic carbocycles. The highest BCUT2D eigenvalue weighted by Gasteiger charge is 2.51. The number of hydrogen-bond donors (Lipinski definition) is 0. The lowest BCUT2D eigenvalue weighted by molar-refractivity contribution is 0.436. The first kappa shape index (κ1) is 31.4. The first-order chi connectivity index (χ1) is 27.7. The van der Waals surface area contributed by atoms with Crippen molar-refractivity contribution in [3.05, 3.63) is 222 Å². The molecule has 1 aliphatic heterocycles. The smallest absolute Gasteiger partial charge is 0.132 e. The van der Waals surface area contributed by atoms with Gasteiger partial charge in [0, 0.05) is 48.4 Å². The predicted molar refractivity (Wildman–Crippen MR) is 234 cm³/mol. The number of rotatable bonds is 4. The molecule has 1 spiro atoms. The molecule has 0 saturated carbocycles. The number of para-hydroxylation sites is 2. The second-order valence-electron chi connectivity index (χ2n) is 14.8. The van der Waals surface area contributed by atoms with Gasteiger partial charge in [0.1, 0.15) is 11.5 Å². The van der Waals surface area contributed by atoms with E-state index in [0.717, 1.165) is 39.7 Å². The van der Waals surface area contributed by atoms with Crippen LogP contribution in [0.25, 0.3) is 53.2 Å². The van der Waals surface area contributed by atoms with E-state index in [-0.39, 0.29) is 0 Å². The number of ether oxygens (including phenoxy) is 1. The van der Waals surface area contributed by atoms with E-state index in [9.17, 15) is 0 Å². The lowest BCUT2D eigenvalue weighted by atomic mass is 9.66. The molecule has 2 nitrogen and oxygen atoms in total. The van der Waals surface area contributed by atoms with Crippen LogP contribution in [0.5, 0.6) is 11.5 Å². The summed E-state index contributed by atoms with van der Waals surface area (Å²) in [5.74, 6) is 1.79. The van der Waals surface area contributed by atoms with E-state index in [4.69, 9.17) is 4.74 Å². The molecule has 2 aliphatic rings. The van der Waals surface area contributed by atoms with Crippen molar-refractivity contribution in [3.8, 4) is 33.8 Å². The van der Waals surface area contributed by atoms with Crippen molar-refractivity contribution in [3.63, 3.8) is 0 Å². The summed E-state index contributed by atoms with van der Waals surface area (Å²) in [6, 6.07) is 73.3. The van der Waals surface area contributed by atoms with Crippen molar-refractivity contribution < 1.29 is 4.74 Å². The number of hydrogen-bond acceptors (Lipinski definition) is 3. The average molecular weight is 732 g/mol. The number of fused-ring (bicyclic) bond motifs is 13. The molecule has 56 heavy (non-hydrogen) atoms. The normalized spacial score (nSPS) is 13.3. The Bertz CT molecular complexity index is 3130. The van der Waals surface area contributed by atoms with Gasteiger partial charge in [0.05, 0.1) is 5.41 Å². The van der Waals surface area contributed by atoms with Gasteiger partial charge >= 0.3 is 0 Å². The molecule has 10 aromatic rings. The lowest BCUT2D eigenvalue weighted by Crippen LogP contribution is -2.32. The van der Waals surface area contributed by atoms with E-state index in [2.05, 4.69) is 205 Å². The van der Waals surface area contributed by atoms with Crippen LogP contribution in [0.2, 0.25) is 0 Å². The molecule has 0 saturated heterocycles. The first-order valence-corrected chi connectivity index (χ1v) is 20.0. The van der Waals surface area contributed by atoms with Crippen molar-refractivity contribution in [2.75, 3.05) is 4.90 Å². The minimum Gasteiger partial charge on any atom is -0.457 e. The zero-order chi connectivity index (χ0) is 36.8. The second-order valence-corrected chi connectivity index (χ2v) is 15.9. The Hall–Kier alpha value is -6.94. The first-order valence-electron chi connectivity index (χ1n) is 19.2. The van der Waals surface area contributed by atoms with Crippen LogP contribution < -0.4 is 9.64 Å². The van der Waals surface area contributed by atoms with Crippen LogP contribution in [-0.4, -0.2) is 0 Å². The van der Waals surface area contributed by atoms with Gasteiger partial charge < -0.3 is 9.64 Å². The van der Waals surface area contributed by atoms with Crippen LogP contribution >= 0.6 is 11.3 Å². The summed E-state index contributed by atoms with van der Waals surface area (Å²) in [7, 11) is 0. The molecule has 0 bridgehead atoms. The van der Waals surface area contributed by atoms with Gasteiger partial charge in [0.2, 0.25) is 0 Å². The predicted octanol–water partition coefficient (Wildman–Crippen LogP) is 14.8. The standard InChI is InChI=1S/C53H33NOS/c1-2-12-34(13-3-1)35-22-24-38(25-23-35)54(40-27-29-43-42-16-6-11-21-51(42)56-52(43)33-40)39-26-28-41-44-30-36-14-4-5-15-37(36)31-47(44)53(48(41)32-39)45-17-7-9-19-49(45)55-50-20-10-8-18-46(50)53/h1-33H. The van der Waals surface area contributed by atoms with Gasteiger partial charge in [-0.15, -0.1) is 11.3 Å². The quantitative estimate of drug-likeness (QED) is 0.179. The van der Waals surface area contributed by atoms with Crippen LogP contribution in [0, 0.1) is 0 Å². The molecule has 0 atom stereocenters. The number of thiophene rings is 1. The second kappa shape index (κ2) is 12.0. The fraction of sp³-hybridized carbons (Fsp3) is 0.0189.